The normalized spacial score (nSPS) is 11.8. The van der Waals surface area contributed by atoms with Gasteiger partial charge in [0.2, 0.25) is 0 Å². The standard InChI is InChI=1S/4C6H5.Pd/c4*1-2-4-6-5-3-1;/h4*1-5H;. The van der Waals surface area contributed by atoms with Crippen molar-refractivity contribution in [1.82, 2.24) is 0 Å². The Labute approximate surface area is 152 Å². The van der Waals surface area contributed by atoms with E-state index in [1.165, 1.54) is 16.1 Å². The summed E-state index contributed by atoms with van der Waals surface area (Å²) in [5.41, 5.74) is 0. The fourth-order valence-electron chi connectivity index (χ4n) is 2.88. The monoisotopic (exact) mass is 414 g/mol. The summed E-state index contributed by atoms with van der Waals surface area (Å²) in [5.74, 6) is 0. The van der Waals surface area contributed by atoms with E-state index >= 15 is 0 Å². The summed E-state index contributed by atoms with van der Waals surface area (Å²) in [6.07, 6.45) is 0. The fourth-order valence-corrected chi connectivity index (χ4v) is 10.3. The molecule has 0 radical (unpaired) electrons. The molecule has 0 unspecified atom stereocenters. The first-order chi connectivity index (χ1) is 12.4. The van der Waals surface area contributed by atoms with Gasteiger partial charge in [0, 0.05) is 0 Å². The predicted molar refractivity (Wildman–Crippen MR) is 104 cm³/mol. The van der Waals surface area contributed by atoms with Crippen LogP contribution in [-0.4, -0.2) is 0 Å². The third-order valence-corrected chi connectivity index (χ3v) is 11.4. The minimum atomic E-state index is -2.46. The van der Waals surface area contributed by atoms with Crippen molar-refractivity contribution in [2.24, 2.45) is 0 Å². The first-order valence-corrected chi connectivity index (χ1v) is 11.4. The van der Waals surface area contributed by atoms with Crippen molar-refractivity contribution in [2.45, 2.75) is 0 Å². The molecule has 0 heterocycles. The van der Waals surface area contributed by atoms with E-state index in [1.54, 1.807) is 0 Å². The fraction of sp³-hybridized carbons (Fsp3) is 0. The molecule has 0 N–H and O–H groups in total. The molecule has 0 atom stereocenters. The van der Waals surface area contributed by atoms with Crippen LogP contribution < -0.4 is 16.1 Å². The Kier molecular flexibility index (Phi) is 4.62. The van der Waals surface area contributed by atoms with Crippen LogP contribution in [0.5, 0.6) is 0 Å². The van der Waals surface area contributed by atoms with Crippen molar-refractivity contribution < 1.29 is 15.5 Å². The molecule has 0 nitrogen and oxygen atoms in total. The Bertz CT molecular complexity index is 753. The van der Waals surface area contributed by atoms with Gasteiger partial charge in [0.1, 0.15) is 0 Å². The third-order valence-electron chi connectivity index (χ3n) is 3.95. The molecule has 0 spiro atoms. The summed E-state index contributed by atoms with van der Waals surface area (Å²) in [6, 6.07) is 44.1. The van der Waals surface area contributed by atoms with Crippen molar-refractivity contribution in [3.63, 3.8) is 0 Å². The predicted octanol–water partition coefficient (Wildman–Crippen LogP) is 3.44. The summed E-state index contributed by atoms with van der Waals surface area (Å²) in [5, 5.41) is 0. The zero-order valence-electron chi connectivity index (χ0n) is 13.9. The molecule has 0 saturated heterocycles. The second-order valence-corrected chi connectivity index (χ2v) is 11.4. The molecule has 0 fully saturated rings. The zero-order chi connectivity index (χ0) is 17.0. The van der Waals surface area contributed by atoms with Crippen LogP contribution in [0.3, 0.4) is 0 Å². The number of hydrogen-bond acceptors (Lipinski definition) is 0. The molecule has 4 rings (SSSR count). The second kappa shape index (κ2) is 7.20. The molecule has 1 heteroatoms. The van der Waals surface area contributed by atoms with Gasteiger partial charge in [-0.1, -0.05) is 0 Å². The van der Waals surface area contributed by atoms with Gasteiger partial charge < -0.3 is 0 Å². The van der Waals surface area contributed by atoms with Gasteiger partial charge in [-0.2, -0.15) is 0 Å². The Hall–Kier alpha value is -2.46. The van der Waals surface area contributed by atoms with Crippen molar-refractivity contribution in [2.75, 3.05) is 0 Å². The van der Waals surface area contributed by atoms with E-state index in [2.05, 4.69) is 121 Å². The first-order valence-electron chi connectivity index (χ1n) is 8.28. The van der Waals surface area contributed by atoms with E-state index in [9.17, 15) is 0 Å². The Balaban J connectivity index is 2.13. The van der Waals surface area contributed by atoms with E-state index in [-0.39, 0.29) is 0 Å². The number of benzene rings is 4. The van der Waals surface area contributed by atoms with Crippen molar-refractivity contribution in [3.8, 4) is 0 Å². The SMILES string of the molecule is c1cc[c]([Pd]([c]2ccccc2)([c]2ccccc2)[c]2ccccc2)cc1. The van der Waals surface area contributed by atoms with Gasteiger partial charge in [0.25, 0.3) is 0 Å². The van der Waals surface area contributed by atoms with Gasteiger partial charge >= 0.3 is 153 Å². The molecular weight excluding hydrogens is 395 g/mol. The van der Waals surface area contributed by atoms with E-state index in [0.29, 0.717) is 0 Å². The maximum atomic E-state index is 2.30. The Morgan fingerprint density at radius 2 is 0.480 bits per heavy atom. The molecular formula is C24H20Pd. The van der Waals surface area contributed by atoms with Crippen LogP contribution in [0.1, 0.15) is 0 Å². The van der Waals surface area contributed by atoms with Crippen molar-refractivity contribution >= 4 is 16.1 Å². The minimum absolute atomic E-state index is 1.43. The quantitative estimate of drug-likeness (QED) is 0.449. The molecule has 4 aromatic rings. The molecule has 4 aromatic carbocycles. The van der Waals surface area contributed by atoms with E-state index in [1.807, 2.05) is 0 Å². The van der Waals surface area contributed by atoms with Gasteiger partial charge in [-0.3, -0.25) is 0 Å². The summed E-state index contributed by atoms with van der Waals surface area (Å²) in [6.45, 7) is 0. The zero-order valence-corrected chi connectivity index (χ0v) is 15.4. The van der Waals surface area contributed by atoms with Crippen LogP contribution in [0.4, 0.5) is 0 Å². The number of hydrogen-bond donors (Lipinski definition) is 0. The second-order valence-electron chi connectivity index (χ2n) is 5.51. The van der Waals surface area contributed by atoms with Crippen LogP contribution in [0.25, 0.3) is 0 Å². The first kappa shape index (κ1) is 16.0. The molecule has 126 valence electrons. The molecule has 0 aliphatic carbocycles. The Morgan fingerprint density at radius 3 is 0.680 bits per heavy atom. The van der Waals surface area contributed by atoms with Gasteiger partial charge in [-0.25, -0.2) is 0 Å². The number of rotatable bonds is 4. The van der Waals surface area contributed by atoms with Gasteiger partial charge in [0.15, 0.2) is 0 Å². The Morgan fingerprint density at radius 1 is 0.280 bits per heavy atom. The topological polar surface area (TPSA) is 0 Å². The molecule has 0 aliphatic rings. The van der Waals surface area contributed by atoms with Gasteiger partial charge in [-0.05, 0) is 0 Å². The van der Waals surface area contributed by atoms with E-state index in [0.717, 1.165) is 0 Å². The van der Waals surface area contributed by atoms with Crippen molar-refractivity contribution in [1.29, 1.82) is 0 Å². The summed E-state index contributed by atoms with van der Waals surface area (Å²) < 4.78 is 5.71. The molecule has 0 aliphatic heterocycles. The summed E-state index contributed by atoms with van der Waals surface area (Å²) in [4.78, 5) is 0. The average molecular weight is 415 g/mol. The summed E-state index contributed by atoms with van der Waals surface area (Å²) >= 11 is -2.46. The van der Waals surface area contributed by atoms with Gasteiger partial charge in [-0.15, -0.1) is 0 Å². The molecule has 0 bridgehead atoms. The molecule has 0 amide bonds. The molecule has 25 heavy (non-hydrogen) atoms. The maximum absolute atomic E-state index is 2.46. The van der Waals surface area contributed by atoms with Crippen LogP contribution in [0.2, 0.25) is 0 Å². The molecule has 0 aromatic heterocycles. The van der Waals surface area contributed by atoms with Crippen LogP contribution >= 0.6 is 0 Å². The van der Waals surface area contributed by atoms with E-state index in [4.69, 9.17) is 0 Å². The van der Waals surface area contributed by atoms with Crippen LogP contribution in [-0.2, 0) is 15.5 Å². The van der Waals surface area contributed by atoms with Crippen LogP contribution in [0.15, 0.2) is 121 Å². The molecule has 0 saturated carbocycles. The van der Waals surface area contributed by atoms with Gasteiger partial charge in [0.05, 0.1) is 0 Å². The van der Waals surface area contributed by atoms with E-state index < -0.39 is 15.5 Å². The summed E-state index contributed by atoms with van der Waals surface area (Å²) in [7, 11) is 0. The van der Waals surface area contributed by atoms with Crippen molar-refractivity contribution in [3.05, 3.63) is 121 Å². The average Bonchev–Trinajstić information content (AvgIpc) is 2.72. The third kappa shape index (κ3) is 2.87. The van der Waals surface area contributed by atoms with Crippen LogP contribution in [0, 0.1) is 0 Å².